The molecule has 0 fully saturated rings. The number of para-hydroxylation sites is 1. The van der Waals surface area contributed by atoms with E-state index < -0.39 is 34.0 Å². The minimum Gasteiger partial charge on any atom is -0.497 e. The van der Waals surface area contributed by atoms with Gasteiger partial charge in [-0.15, -0.1) is 0 Å². The zero-order valence-corrected chi connectivity index (χ0v) is 34.0. The summed E-state index contributed by atoms with van der Waals surface area (Å²) in [7, 11) is -0.911. The van der Waals surface area contributed by atoms with E-state index >= 15 is 0 Å². The SMILES string of the molecule is COc1ccc(COC[C@H](C)N2C[C@@H](C)[C@H](CN(C)S(=O)(=O)c3ccc(F)cc3)OCCCC[C@H](C)Oc3ccc(NC(=O)Nc4ccccc4)cc3C2=O)cc1. The van der Waals surface area contributed by atoms with Gasteiger partial charge in [0.1, 0.15) is 17.3 Å². The van der Waals surface area contributed by atoms with Gasteiger partial charge < -0.3 is 34.5 Å². The van der Waals surface area contributed by atoms with Gasteiger partial charge in [0.25, 0.3) is 5.91 Å². The first-order chi connectivity index (χ1) is 27.3. The van der Waals surface area contributed by atoms with Crippen LogP contribution in [-0.2, 0) is 26.1 Å². The highest BCUT2D eigenvalue weighted by Gasteiger charge is 2.33. The Bertz CT molecular complexity index is 2020. The number of halogens is 1. The second-order valence-corrected chi connectivity index (χ2v) is 16.4. The van der Waals surface area contributed by atoms with Gasteiger partial charge in [0, 0.05) is 44.0 Å². The summed E-state index contributed by atoms with van der Waals surface area (Å²) in [5.41, 5.74) is 2.18. The summed E-state index contributed by atoms with van der Waals surface area (Å²) >= 11 is 0. The summed E-state index contributed by atoms with van der Waals surface area (Å²) in [6.07, 6.45) is 1.28. The van der Waals surface area contributed by atoms with Crippen LogP contribution in [0, 0.1) is 11.7 Å². The normalized spacial score (nSPS) is 18.8. The zero-order valence-electron chi connectivity index (χ0n) is 33.2. The van der Waals surface area contributed by atoms with Crippen molar-refractivity contribution < 1.29 is 41.3 Å². The van der Waals surface area contributed by atoms with E-state index in [4.69, 9.17) is 18.9 Å². The maximum absolute atomic E-state index is 14.9. The summed E-state index contributed by atoms with van der Waals surface area (Å²) < 4.78 is 66.3. The maximum Gasteiger partial charge on any atom is 0.323 e. The van der Waals surface area contributed by atoms with Crippen molar-refractivity contribution in [2.75, 3.05) is 51.1 Å². The van der Waals surface area contributed by atoms with Crippen LogP contribution in [0.2, 0.25) is 0 Å². The Balaban J connectivity index is 1.44. The number of hydrogen-bond acceptors (Lipinski definition) is 8. The highest BCUT2D eigenvalue weighted by atomic mass is 32.2. The summed E-state index contributed by atoms with van der Waals surface area (Å²) in [6.45, 7) is 6.76. The summed E-state index contributed by atoms with van der Waals surface area (Å²) in [5, 5.41) is 5.64. The summed E-state index contributed by atoms with van der Waals surface area (Å²) in [6, 6.07) is 25.3. The number of nitrogens with zero attached hydrogens (tertiary/aromatic N) is 2. The Kier molecular flexibility index (Phi) is 15.4. The first-order valence-corrected chi connectivity index (χ1v) is 20.6. The van der Waals surface area contributed by atoms with Crippen molar-refractivity contribution in [3.8, 4) is 11.5 Å². The van der Waals surface area contributed by atoms with E-state index in [1.165, 1.54) is 23.5 Å². The predicted molar refractivity (Wildman–Crippen MR) is 218 cm³/mol. The van der Waals surface area contributed by atoms with E-state index in [-0.39, 0.29) is 48.1 Å². The lowest BCUT2D eigenvalue weighted by Gasteiger charge is -2.36. The third-order valence-corrected chi connectivity index (χ3v) is 11.7. The van der Waals surface area contributed by atoms with Crippen molar-refractivity contribution in [3.63, 3.8) is 0 Å². The van der Waals surface area contributed by atoms with Gasteiger partial charge in [-0.1, -0.05) is 37.3 Å². The van der Waals surface area contributed by atoms with Crippen LogP contribution in [0.1, 0.15) is 56.0 Å². The average Bonchev–Trinajstić information content (AvgIpc) is 3.19. The molecule has 0 aliphatic carbocycles. The summed E-state index contributed by atoms with van der Waals surface area (Å²) in [5.74, 6) is -0.161. The molecule has 0 aromatic heterocycles. The monoisotopic (exact) mass is 804 g/mol. The molecule has 4 aromatic carbocycles. The molecule has 0 saturated carbocycles. The van der Waals surface area contributed by atoms with Crippen molar-refractivity contribution in [2.45, 2.75) is 69.8 Å². The van der Waals surface area contributed by atoms with Crippen molar-refractivity contribution in [3.05, 3.63) is 114 Å². The molecule has 2 N–H and O–H groups in total. The average molecular weight is 805 g/mol. The second kappa shape index (κ2) is 20.4. The summed E-state index contributed by atoms with van der Waals surface area (Å²) in [4.78, 5) is 29.6. The molecule has 1 aliphatic rings. The van der Waals surface area contributed by atoms with Gasteiger partial charge in [-0.05, 0) is 105 Å². The number of carbonyl (C=O) groups is 2. The molecule has 0 radical (unpaired) electrons. The van der Waals surface area contributed by atoms with Gasteiger partial charge in [-0.2, -0.15) is 4.31 Å². The van der Waals surface area contributed by atoms with E-state index in [2.05, 4.69) is 10.6 Å². The van der Waals surface area contributed by atoms with Crippen LogP contribution in [0.5, 0.6) is 11.5 Å². The van der Waals surface area contributed by atoms with Gasteiger partial charge in [0.15, 0.2) is 0 Å². The van der Waals surface area contributed by atoms with Crippen LogP contribution in [0.4, 0.5) is 20.6 Å². The number of carbonyl (C=O) groups excluding carboxylic acids is 2. The third kappa shape index (κ3) is 12.2. The fourth-order valence-electron chi connectivity index (χ4n) is 6.48. The molecule has 57 heavy (non-hydrogen) atoms. The maximum atomic E-state index is 14.9. The predicted octanol–water partition coefficient (Wildman–Crippen LogP) is 7.82. The van der Waals surface area contributed by atoms with E-state index in [0.29, 0.717) is 43.2 Å². The number of benzene rings is 4. The highest BCUT2D eigenvalue weighted by molar-refractivity contribution is 7.89. The van der Waals surface area contributed by atoms with E-state index in [9.17, 15) is 22.4 Å². The first-order valence-electron chi connectivity index (χ1n) is 19.1. The molecule has 0 unspecified atom stereocenters. The Morgan fingerprint density at radius 2 is 1.67 bits per heavy atom. The minimum atomic E-state index is -3.98. The minimum absolute atomic E-state index is 0.00798. The van der Waals surface area contributed by atoms with Crippen molar-refractivity contribution in [1.29, 1.82) is 0 Å². The second-order valence-electron chi connectivity index (χ2n) is 14.4. The quantitative estimate of drug-likeness (QED) is 0.148. The number of amides is 3. The van der Waals surface area contributed by atoms with Gasteiger partial charge in [0.2, 0.25) is 10.0 Å². The number of fused-ring (bicyclic) bond motifs is 1. The number of rotatable bonds is 12. The molecule has 4 aromatic rings. The Morgan fingerprint density at radius 3 is 2.37 bits per heavy atom. The molecule has 3 amide bonds. The number of methoxy groups -OCH3 is 1. The molecular formula is C43H53FN4O8S. The fraction of sp³-hybridized carbons (Fsp3) is 0.395. The molecule has 5 rings (SSSR count). The van der Waals surface area contributed by atoms with E-state index in [0.717, 1.165) is 29.9 Å². The van der Waals surface area contributed by atoms with Crippen LogP contribution in [0.15, 0.2) is 102 Å². The number of urea groups is 1. The Hall–Kier alpha value is -5.02. The molecule has 306 valence electrons. The first kappa shape index (κ1) is 43.1. The Labute approximate surface area is 335 Å². The molecule has 0 spiro atoms. The van der Waals surface area contributed by atoms with Crippen LogP contribution in [0.25, 0.3) is 0 Å². The molecule has 12 nitrogen and oxygen atoms in total. The topological polar surface area (TPSA) is 136 Å². The van der Waals surface area contributed by atoms with Crippen LogP contribution in [0.3, 0.4) is 0 Å². The molecule has 14 heteroatoms. The standard InChI is InChI=1S/C43H53FN4O8S/c1-30-26-48(31(2)28-54-29-33-14-19-37(53-5)20-15-33)42(49)39-25-36(46-43(50)45-35-12-7-6-8-13-35)18-23-40(39)56-32(3)11-9-10-24-55-41(30)27-47(4)57(51,52)38-21-16-34(44)17-22-38/h6-8,12-23,25,30-32,41H,9-11,24,26-29H2,1-5H3,(H2,45,46,50)/t30-,31+,32+,41+/m1/s1. The van der Waals surface area contributed by atoms with Crippen molar-refractivity contribution in [2.24, 2.45) is 5.92 Å². The largest absolute Gasteiger partial charge is 0.497 e. The van der Waals surface area contributed by atoms with Crippen molar-refractivity contribution >= 4 is 33.3 Å². The number of ether oxygens (including phenoxy) is 4. The number of sulfonamides is 1. The lowest BCUT2D eigenvalue weighted by Crippen LogP contribution is -2.48. The number of likely N-dealkylation sites (N-methyl/N-ethyl adjacent to an activating group) is 1. The van der Waals surface area contributed by atoms with Crippen LogP contribution in [-0.4, -0.2) is 88.3 Å². The van der Waals surface area contributed by atoms with Gasteiger partial charge in [-0.3, -0.25) is 4.79 Å². The van der Waals surface area contributed by atoms with Gasteiger partial charge >= 0.3 is 6.03 Å². The zero-order chi connectivity index (χ0) is 41.0. The molecule has 4 atom stereocenters. The fourth-order valence-corrected chi connectivity index (χ4v) is 7.66. The smallest absolute Gasteiger partial charge is 0.323 e. The van der Waals surface area contributed by atoms with Crippen LogP contribution < -0.4 is 20.1 Å². The number of nitrogens with one attached hydrogen (secondary N) is 2. The third-order valence-electron chi connectivity index (χ3n) is 9.82. The number of hydrogen-bond donors (Lipinski definition) is 2. The molecule has 1 heterocycles. The van der Waals surface area contributed by atoms with Crippen molar-refractivity contribution in [1.82, 2.24) is 9.21 Å². The van der Waals surface area contributed by atoms with E-state index in [1.54, 1.807) is 42.3 Å². The molecule has 0 bridgehead atoms. The Morgan fingerprint density at radius 1 is 0.965 bits per heavy atom. The molecule has 1 aliphatic heterocycles. The lowest BCUT2D eigenvalue weighted by atomic mass is 10.0. The highest BCUT2D eigenvalue weighted by Crippen LogP contribution is 2.29. The lowest BCUT2D eigenvalue weighted by molar-refractivity contribution is -0.0120. The molecular weight excluding hydrogens is 752 g/mol. The van der Waals surface area contributed by atoms with Gasteiger partial charge in [0.05, 0.1) is 49.0 Å². The van der Waals surface area contributed by atoms with Gasteiger partial charge in [-0.25, -0.2) is 17.6 Å². The van der Waals surface area contributed by atoms with Crippen LogP contribution >= 0.6 is 0 Å². The number of anilines is 2. The molecule has 0 saturated heterocycles. The van der Waals surface area contributed by atoms with E-state index in [1.807, 2.05) is 63.2 Å².